The van der Waals surface area contributed by atoms with Crippen LogP contribution in [-0.2, 0) is 6.61 Å². The van der Waals surface area contributed by atoms with Gasteiger partial charge in [0, 0.05) is 5.56 Å². The predicted octanol–water partition coefficient (Wildman–Crippen LogP) is 4.25. The monoisotopic (exact) mass is 274 g/mol. The Kier molecular flexibility index (Phi) is 7.35. The second-order valence-electron chi connectivity index (χ2n) is 3.19. The minimum atomic E-state index is -0.228. The highest BCUT2D eigenvalue weighted by molar-refractivity contribution is 5.85. The number of hydrogen-bond acceptors (Lipinski definition) is 1. The van der Waals surface area contributed by atoms with Crippen LogP contribution in [0.1, 0.15) is 5.56 Å². The smallest absolute Gasteiger partial charge is 0.129 e. The maximum atomic E-state index is 13.2. The summed E-state index contributed by atoms with van der Waals surface area (Å²) in [5.41, 5.74) is 0.571. The Hall–Kier alpha value is -1.25. The van der Waals surface area contributed by atoms with E-state index in [1.807, 2.05) is 30.3 Å². The van der Waals surface area contributed by atoms with Crippen molar-refractivity contribution in [3.63, 3.8) is 0 Å². The van der Waals surface area contributed by atoms with Gasteiger partial charge in [0.1, 0.15) is 18.2 Å². The Morgan fingerprint density at radius 3 is 2.06 bits per heavy atom. The zero-order chi connectivity index (χ0) is 10.5. The summed E-state index contributed by atoms with van der Waals surface area (Å²) >= 11 is 0. The van der Waals surface area contributed by atoms with Gasteiger partial charge in [-0.15, -0.1) is 24.8 Å². The quantitative estimate of drug-likeness (QED) is 0.813. The van der Waals surface area contributed by atoms with Gasteiger partial charge in [-0.25, -0.2) is 4.39 Å². The van der Waals surface area contributed by atoms with E-state index in [1.165, 1.54) is 6.07 Å². The Labute approximate surface area is 112 Å². The summed E-state index contributed by atoms with van der Waals surface area (Å²) in [6.07, 6.45) is 0. The van der Waals surface area contributed by atoms with E-state index >= 15 is 0 Å². The molecule has 2 aromatic rings. The maximum Gasteiger partial charge on any atom is 0.129 e. The van der Waals surface area contributed by atoms with E-state index in [9.17, 15) is 4.39 Å². The van der Waals surface area contributed by atoms with E-state index in [0.717, 1.165) is 5.75 Å². The summed E-state index contributed by atoms with van der Waals surface area (Å²) in [6, 6.07) is 16.0. The number of ether oxygens (including phenoxy) is 1. The SMILES string of the molecule is Cl.Cl.Fc1ccccc1COc1ccccc1. The molecule has 0 fully saturated rings. The second kappa shape index (κ2) is 7.93. The van der Waals surface area contributed by atoms with E-state index in [-0.39, 0.29) is 37.2 Å². The molecule has 0 bridgehead atoms. The predicted molar refractivity (Wildman–Crippen MR) is 71.7 cm³/mol. The minimum absolute atomic E-state index is 0. The molecule has 0 aliphatic rings. The molecule has 0 heterocycles. The van der Waals surface area contributed by atoms with Crippen molar-refractivity contribution in [2.75, 3.05) is 0 Å². The molecule has 17 heavy (non-hydrogen) atoms. The fraction of sp³-hybridized carbons (Fsp3) is 0.0769. The van der Waals surface area contributed by atoms with Gasteiger partial charge in [-0.05, 0) is 18.2 Å². The summed E-state index contributed by atoms with van der Waals surface area (Å²) in [4.78, 5) is 0. The number of para-hydroxylation sites is 1. The van der Waals surface area contributed by atoms with E-state index in [0.29, 0.717) is 5.56 Å². The van der Waals surface area contributed by atoms with E-state index in [2.05, 4.69) is 0 Å². The Morgan fingerprint density at radius 2 is 1.41 bits per heavy atom. The highest BCUT2D eigenvalue weighted by Crippen LogP contribution is 2.13. The van der Waals surface area contributed by atoms with Gasteiger partial charge in [-0.2, -0.15) is 0 Å². The minimum Gasteiger partial charge on any atom is -0.489 e. The number of benzene rings is 2. The zero-order valence-electron chi connectivity index (χ0n) is 9.01. The molecular formula is C13H13Cl2FO. The molecule has 0 spiro atoms. The van der Waals surface area contributed by atoms with Crippen LogP contribution in [0.4, 0.5) is 4.39 Å². The lowest BCUT2D eigenvalue weighted by molar-refractivity contribution is 0.300. The van der Waals surface area contributed by atoms with Crippen LogP contribution in [0, 0.1) is 5.82 Å². The van der Waals surface area contributed by atoms with Crippen molar-refractivity contribution < 1.29 is 9.13 Å². The first-order chi connectivity index (χ1) is 7.36. The summed E-state index contributed by atoms with van der Waals surface area (Å²) in [7, 11) is 0. The van der Waals surface area contributed by atoms with Crippen LogP contribution in [0.3, 0.4) is 0 Å². The molecule has 0 unspecified atom stereocenters. The van der Waals surface area contributed by atoms with Crippen LogP contribution < -0.4 is 4.74 Å². The van der Waals surface area contributed by atoms with Gasteiger partial charge in [0.05, 0.1) is 0 Å². The van der Waals surface area contributed by atoms with Crippen molar-refractivity contribution in [1.29, 1.82) is 0 Å². The molecule has 0 aliphatic heterocycles. The molecule has 0 aromatic heterocycles. The summed E-state index contributed by atoms with van der Waals surface area (Å²) in [5.74, 6) is 0.522. The summed E-state index contributed by atoms with van der Waals surface area (Å²) in [5, 5.41) is 0. The van der Waals surface area contributed by atoms with Crippen LogP contribution in [0.5, 0.6) is 5.75 Å². The fourth-order valence-electron chi connectivity index (χ4n) is 1.29. The molecule has 0 saturated heterocycles. The highest BCUT2D eigenvalue weighted by Gasteiger charge is 2.00. The molecule has 0 N–H and O–H groups in total. The first-order valence-electron chi connectivity index (χ1n) is 4.77. The van der Waals surface area contributed by atoms with E-state index in [1.54, 1.807) is 18.2 Å². The van der Waals surface area contributed by atoms with Crippen molar-refractivity contribution >= 4 is 24.8 Å². The van der Waals surface area contributed by atoms with Crippen LogP contribution in [0.15, 0.2) is 54.6 Å². The number of hydrogen-bond donors (Lipinski definition) is 0. The van der Waals surface area contributed by atoms with Gasteiger partial charge in [0.15, 0.2) is 0 Å². The Bertz CT molecular complexity index is 434. The van der Waals surface area contributed by atoms with E-state index in [4.69, 9.17) is 4.74 Å². The maximum absolute atomic E-state index is 13.2. The second-order valence-corrected chi connectivity index (χ2v) is 3.19. The van der Waals surface area contributed by atoms with Crippen LogP contribution in [-0.4, -0.2) is 0 Å². The topological polar surface area (TPSA) is 9.23 Å². The lowest BCUT2D eigenvalue weighted by Gasteiger charge is -2.06. The molecule has 0 atom stereocenters. The van der Waals surface area contributed by atoms with Gasteiger partial charge in [0.25, 0.3) is 0 Å². The van der Waals surface area contributed by atoms with Gasteiger partial charge < -0.3 is 4.74 Å². The van der Waals surface area contributed by atoms with Crippen LogP contribution >= 0.6 is 24.8 Å². The number of rotatable bonds is 3. The largest absolute Gasteiger partial charge is 0.489 e. The average molecular weight is 275 g/mol. The molecule has 92 valence electrons. The molecule has 0 radical (unpaired) electrons. The summed E-state index contributed by atoms with van der Waals surface area (Å²) in [6.45, 7) is 0.261. The molecular weight excluding hydrogens is 262 g/mol. The van der Waals surface area contributed by atoms with E-state index < -0.39 is 0 Å². The zero-order valence-corrected chi connectivity index (χ0v) is 10.6. The molecule has 4 heteroatoms. The third-order valence-corrected chi connectivity index (χ3v) is 2.10. The van der Waals surface area contributed by atoms with Crippen LogP contribution in [0.25, 0.3) is 0 Å². The lowest BCUT2D eigenvalue weighted by atomic mass is 10.2. The third kappa shape index (κ3) is 4.63. The van der Waals surface area contributed by atoms with Crippen molar-refractivity contribution in [3.8, 4) is 5.75 Å². The van der Waals surface area contributed by atoms with Gasteiger partial charge >= 0.3 is 0 Å². The standard InChI is InChI=1S/C13H11FO.2ClH/c14-13-9-5-4-6-11(13)10-15-12-7-2-1-3-8-12;;/h1-9H,10H2;2*1H. The Morgan fingerprint density at radius 1 is 0.824 bits per heavy atom. The molecule has 0 saturated carbocycles. The first kappa shape index (κ1) is 15.8. The molecule has 2 rings (SSSR count). The molecule has 0 aliphatic carbocycles. The molecule has 0 amide bonds. The fourth-order valence-corrected chi connectivity index (χ4v) is 1.29. The lowest BCUT2D eigenvalue weighted by Crippen LogP contribution is -1.97. The normalized spacial score (nSPS) is 8.76. The highest BCUT2D eigenvalue weighted by atomic mass is 35.5. The third-order valence-electron chi connectivity index (χ3n) is 2.10. The molecule has 1 nitrogen and oxygen atoms in total. The first-order valence-corrected chi connectivity index (χ1v) is 4.77. The number of halogens is 3. The average Bonchev–Trinajstić information content (AvgIpc) is 2.29. The van der Waals surface area contributed by atoms with Crippen molar-refractivity contribution in [2.24, 2.45) is 0 Å². The van der Waals surface area contributed by atoms with Gasteiger partial charge in [-0.3, -0.25) is 0 Å². The van der Waals surface area contributed by atoms with Gasteiger partial charge in [0.2, 0.25) is 0 Å². The van der Waals surface area contributed by atoms with Crippen LogP contribution in [0.2, 0.25) is 0 Å². The van der Waals surface area contributed by atoms with Crippen molar-refractivity contribution in [1.82, 2.24) is 0 Å². The van der Waals surface area contributed by atoms with Crippen molar-refractivity contribution in [2.45, 2.75) is 6.61 Å². The van der Waals surface area contributed by atoms with Gasteiger partial charge in [-0.1, -0.05) is 36.4 Å². The summed E-state index contributed by atoms with van der Waals surface area (Å²) < 4.78 is 18.6. The molecule has 2 aromatic carbocycles. The van der Waals surface area contributed by atoms with Crippen molar-refractivity contribution in [3.05, 3.63) is 66.0 Å². The Balaban J connectivity index is 0.00000128.